The van der Waals surface area contributed by atoms with Gasteiger partial charge in [-0.15, -0.1) is 0 Å². The fraction of sp³-hybridized carbons (Fsp3) is 1.00. The lowest BCUT2D eigenvalue weighted by Crippen LogP contribution is -2.27. The summed E-state index contributed by atoms with van der Waals surface area (Å²) in [6, 6.07) is 0. The van der Waals surface area contributed by atoms with Gasteiger partial charge < -0.3 is 9.47 Å². The van der Waals surface area contributed by atoms with Crippen LogP contribution in [-0.4, -0.2) is 43.6 Å². The van der Waals surface area contributed by atoms with E-state index in [1.165, 1.54) is 0 Å². The molecule has 2 rings (SSSR count). The van der Waals surface area contributed by atoms with Crippen molar-refractivity contribution >= 4 is 10.1 Å². The molecule has 0 spiro atoms. The zero-order valence-corrected chi connectivity index (χ0v) is 8.57. The fourth-order valence-electron chi connectivity index (χ4n) is 2.07. The van der Waals surface area contributed by atoms with Crippen molar-refractivity contribution in [2.45, 2.75) is 37.6 Å². The van der Waals surface area contributed by atoms with Crippen molar-refractivity contribution in [3.8, 4) is 0 Å². The molecule has 3 atom stereocenters. The molecule has 0 saturated carbocycles. The first-order valence-electron chi connectivity index (χ1n) is 4.77. The second-order valence-corrected chi connectivity index (χ2v) is 5.38. The summed E-state index contributed by atoms with van der Waals surface area (Å²) in [7, 11) is -3.89. The third-order valence-electron chi connectivity index (χ3n) is 2.72. The van der Waals surface area contributed by atoms with Crippen LogP contribution in [0, 0.1) is 0 Å². The molecule has 2 saturated heterocycles. The zero-order chi connectivity index (χ0) is 10.2. The van der Waals surface area contributed by atoms with E-state index >= 15 is 0 Å². The van der Waals surface area contributed by atoms with Crippen molar-refractivity contribution in [2.75, 3.05) is 12.4 Å². The Morgan fingerprint density at radius 2 is 2.21 bits per heavy atom. The number of hydrogen-bond donors (Lipinski definition) is 1. The summed E-state index contributed by atoms with van der Waals surface area (Å²) in [6.45, 7) is 0.0517. The zero-order valence-electron chi connectivity index (χ0n) is 7.76. The van der Waals surface area contributed by atoms with Gasteiger partial charge in [0.25, 0.3) is 10.1 Å². The molecule has 0 aromatic rings. The van der Waals surface area contributed by atoms with E-state index < -0.39 is 10.1 Å². The van der Waals surface area contributed by atoms with Gasteiger partial charge in [-0.25, -0.2) is 0 Å². The molecule has 2 fully saturated rings. The van der Waals surface area contributed by atoms with Gasteiger partial charge in [-0.05, 0) is 12.8 Å². The van der Waals surface area contributed by atoms with Gasteiger partial charge in [0.2, 0.25) is 0 Å². The van der Waals surface area contributed by atoms with Crippen molar-refractivity contribution < 1.29 is 22.4 Å². The highest BCUT2D eigenvalue weighted by Gasteiger charge is 2.41. The van der Waals surface area contributed by atoms with E-state index in [0.29, 0.717) is 6.10 Å². The predicted molar refractivity (Wildman–Crippen MR) is 48.7 cm³/mol. The van der Waals surface area contributed by atoms with Gasteiger partial charge in [-0.3, -0.25) is 4.55 Å². The molecule has 2 heterocycles. The maximum Gasteiger partial charge on any atom is 0.267 e. The molecule has 82 valence electrons. The molecule has 2 aliphatic rings. The van der Waals surface area contributed by atoms with Gasteiger partial charge >= 0.3 is 0 Å². The summed E-state index contributed by atoms with van der Waals surface area (Å²) in [5, 5.41) is 0. The van der Waals surface area contributed by atoms with Gasteiger partial charge in [0.1, 0.15) is 0 Å². The van der Waals surface area contributed by atoms with Crippen molar-refractivity contribution in [1.82, 2.24) is 0 Å². The minimum absolute atomic E-state index is 0.0236. The summed E-state index contributed by atoms with van der Waals surface area (Å²) in [6.07, 6.45) is 3.41. The van der Waals surface area contributed by atoms with E-state index in [1.807, 2.05) is 0 Å². The maximum atomic E-state index is 10.4. The van der Waals surface area contributed by atoms with Crippen LogP contribution < -0.4 is 0 Å². The van der Waals surface area contributed by atoms with Crippen molar-refractivity contribution in [3.05, 3.63) is 0 Å². The highest BCUT2D eigenvalue weighted by Crippen LogP contribution is 2.35. The van der Waals surface area contributed by atoms with Gasteiger partial charge in [0.05, 0.1) is 30.7 Å². The Kier molecular flexibility index (Phi) is 2.79. The predicted octanol–water partition coefficient (Wildman–Crippen LogP) is 0.211. The molecule has 2 aliphatic heterocycles. The molecule has 5 nitrogen and oxygen atoms in total. The Morgan fingerprint density at radius 1 is 1.43 bits per heavy atom. The first-order valence-corrected chi connectivity index (χ1v) is 6.38. The highest BCUT2D eigenvalue weighted by molar-refractivity contribution is 7.85. The van der Waals surface area contributed by atoms with Gasteiger partial charge in [0, 0.05) is 6.42 Å². The smallest absolute Gasteiger partial charge is 0.267 e. The molecule has 1 N–H and O–H groups in total. The monoisotopic (exact) mass is 222 g/mol. The van der Waals surface area contributed by atoms with Crippen LogP contribution in [0.3, 0.4) is 0 Å². The molecule has 0 amide bonds. The van der Waals surface area contributed by atoms with E-state index in [2.05, 4.69) is 0 Å². The molecule has 2 bridgehead atoms. The van der Waals surface area contributed by atoms with E-state index in [-0.39, 0.29) is 24.6 Å². The van der Waals surface area contributed by atoms with Crippen LogP contribution in [0.1, 0.15) is 19.3 Å². The summed E-state index contributed by atoms with van der Waals surface area (Å²) in [5.41, 5.74) is 0. The van der Waals surface area contributed by atoms with Crippen molar-refractivity contribution in [2.24, 2.45) is 0 Å². The topological polar surface area (TPSA) is 72.8 Å². The normalized spacial score (nSPS) is 36.5. The van der Waals surface area contributed by atoms with E-state index in [0.717, 1.165) is 19.3 Å². The second-order valence-electron chi connectivity index (χ2n) is 3.80. The average Bonchev–Trinajstić information content (AvgIpc) is 2.62. The molecule has 0 aliphatic carbocycles. The third-order valence-corrected chi connectivity index (χ3v) is 3.41. The number of ether oxygens (including phenoxy) is 2. The van der Waals surface area contributed by atoms with E-state index in [9.17, 15) is 8.42 Å². The maximum absolute atomic E-state index is 10.4. The molecule has 6 heteroatoms. The van der Waals surface area contributed by atoms with Crippen LogP contribution in [0.4, 0.5) is 0 Å². The van der Waals surface area contributed by atoms with E-state index in [4.69, 9.17) is 14.0 Å². The Hall–Kier alpha value is -0.170. The molecule has 0 aromatic carbocycles. The quantitative estimate of drug-likeness (QED) is 0.688. The third kappa shape index (κ3) is 2.44. The van der Waals surface area contributed by atoms with Crippen LogP contribution in [0.15, 0.2) is 0 Å². The summed E-state index contributed by atoms with van der Waals surface area (Å²) in [4.78, 5) is 0. The van der Waals surface area contributed by atoms with Crippen LogP contribution in [0.2, 0.25) is 0 Å². The minimum atomic E-state index is -3.89. The van der Waals surface area contributed by atoms with Gasteiger partial charge in [0.15, 0.2) is 0 Å². The summed E-state index contributed by atoms with van der Waals surface area (Å²) in [5.74, 6) is -0.332. The number of rotatable bonds is 4. The number of fused-ring (bicyclic) bond motifs is 2. The Labute approximate surface area is 83.1 Å². The fourth-order valence-corrected chi connectivity index (χ4v) is 2.38. The average molecular weight is 222 g/mol. The first kappa shape index (κ1) is 10.4. The lowest BCUT2D eigenvalue weighted by Gasteiger charge is -2.18. The lowest BCUT2D eigenvalue weighted by molar-refractivity contribution is 0.00534. The Morgan fingerprint density at radius 3 is 2.71 bits per heavy atom. The lowest BCUT2D eigenvalue weighted by atomic mass is 9.98. The van der Waals surface area contributed by atoms with Crippen LogP contribution in [0.5, 0.6) is 0 Å². The summed E-state index contributed by atoms with van der Waals surface area (Å²) < 4.78 is 40.2. The van der Waals surface area contributed by atoms with Crippen LogP contribution >= 0.6 is 0 Å². The standard InChI is InChI=1S/C8H14O5S/c9-14(10,11)4-3-12-8-5-6-1-2-7(8)13-6/h6-8H,1-5H2,(H,9,10,11). The SMILES string of the molecule is O=S(=O)(O)CCOC1CC2CCC1O2. The molecule has 14 heavy (non-hydrogen) atoms. The van der Waals surface area contributed by atoms with Gasteiger partial charge in [-0.2, -0.15) is 8.42 Å². The minimum Gasteiger partial charge on any atom is -0.374 e. The highest BCUT2D eigenvalue weighted by atomic mass is 32.2. The molecular formula is C8H14O5S. The summed E-state index contributed by atoms with van der Waals surface area (Å²) >= 11 is 0. The molecule has 3 unspecified atom stereocenters. The molecule has 0 radical (unpaired) electrons. The van der Waals surface area contributed by atoms with Gasteiger partial charge in [-0.1, -0.05) is 0 Å². The van der Waals surface area contributed by atoms with Crippen molar-refractivity contribution in [1.29, 1.82) is 0 Å². The largest absolute Gasteiger partial charge is 0.374 e. The van der Waals surface area contributed by atoms with Crippen LogP contribution in [0.25, 0.3) is 0 Å². The van der Waals surface area contributed by atoms with E-state index in [1.54, 1.807) is 0 Å². The molecular weight excluding hydrogens is 208 g/mol. The number of hydrogen-bond acceptors (Lipinski definition) is 4. The molecule has 0 aromatic heterocycles. The Bertz CT molecular complexity index is 299. The Balaban J connectivity index is 1.72. The first-order chi connectivity index (χ1) is 6.54. The van der Waals surface area contributed by atoms with Crippen molar-refractivity contribution in [3.63, 3.8) is 0 Å². The second kappa shape index (κ2) is 3.77. The van der Waals surface area contributed by atoms with Crippen LogP contribution in [-0.2, 0) is 19.6 Å².